The molecule has 0 aliphatic carbocycles. The second kappa shape index (κ2) is 11.2. The van der Waals surface area contributed by atoms with Gasteiger partial charge in [0.25, 0.3) is 7.59 Å². The van der Waals surface area contributed by atoms with E-state index in [-0.39, 0.29) is 0 Å². The number of aliphatic carboxylic acids is 1. The first kappa shape index (κ1) is 21.6. The van der Waals surface area contributed by atoms with E-state index < -0.39 is 19.6 Å². The summed E-state index contributed by atoms with van der Waals surface area (Å²) in [7, 11) is -3.12. The fraction of sp³-hybridized carbons (Fsp3) is 0.933. The zero-order valence-electron chi connectivity index (χ0n) is 14.7. The van der Waals surface area contributed by atoms with E-state index >= 15 is 0 Å². The molecule has 132 valence electrons. The van der Waals surface area contributed by atoms with Crippen LogP contribution in [0, 0.1) is 11.8 Å². The van der Waals surface area contributed by atoms with Gasteiger partial charge in [-0.1, -0.05) is 53.4 Å². The van der Waals surface area contributed by atoms with Crippen molar-refractivity contribution >= 4 is 13.6 Å². The number of carbonyl (C=O) groups is 1. The molecule has 0 aromatic heterocycles. The molecule has 0 saturated carbocycles. The Hall–Kier alpha value is -0.420. The quantitative estimate of drug-likeness (QED) is 0.386. The highest BCUT2D eigenvalue weighted by Crippen LogP contribution is 2.32. The molecule has 1 atom stereocenters. The predicted octanol–water partition coefficient (Wildman–Crippen LogP) is 3.21. The predicted molar refractivity (Wildman–Crippen MR) is 92.0 cm³/mol. The van der Waals surface area contributed by atoms with Crippen LogP contribution in [-0.4, -0.2) is 30.2 Å². The number of hydrogen-bond acceptors (Lipinski definition) is 2. The first-order valence-corrected chi connectivity index (χ1v) is 10.1. The zero-order chi connectivity index (χ0) is 17.2. The Balaban J connectivity index is 4.80. The van der Waals surface area contributed by atoms with Gasteiger partial charge in [0.05, 0.1) is 0 Å². The molecule has 0 aromatic rings. The summed E-state index contributed by atoms with van der Waals surface area (Å²) >= 11 is 0. The molecule has 0 aliphatic rings. The van der Waals surface area contributed by atoms with Gasteiger partial charge in [0.2, 0.25) is 0 Å². The molecule has 0 saturated heterocycles. The summed E-state index contributed by atoms with van der Waals surface area (Å²) in [5, 5.41) is 17.9. The molecule has 22 heavy (non-hydrogen) atoms. The molecule has 0 aliphatic heterocycles. The summed E-state index contributed by atoms with van der Waals surface area (Å²) in [6.45, 7) is 11.1. The van der Waals surface area contributed by atoms with Crippen molar-refractivity contribution in [3.8, 4) is 0 Å². The van der Waals surface area contributed by atoms with Gasteiger partial charge in [-0.05, 0) is 18.8 Å². The van der Waals surface area contributed by atoms with Crippen molar-refractivity contribution in [2.24, 2.45) is 11.8 Å². The van der Waals surface area contributed by atoms with Crippen LogP contribution >= 0.6 is 7.59 Å². The lowest BCUT2D eigenvalue weighted by Crippen LogP contribution is -2.42. The number of carboxylic acid groups (broad SMARTS) is 1. The molecular formula is C15H34N3O3P. The van der Waals surface area contributed by atoms with E-state index in [2.05, 4.69) is 43.0 Å². The van der Waals surface area contributed by atoms with Gasteiger partial charge in [-0.3, -0.25) is 9.36 Å². The van der Waals surface area contributed by atoms with Crippen LogP contribution in [0.25, 0.3) is 0 Å². The van der Waals surface area contributed by atoms with Gasteiger partial charge in [0, 0.05) is 13.1 Å². The van der Waals surface area contributed by atoms with Crippen LogP contribution in [0.15, 0.2) is 0 Å². The topological polar surface area (TPSA) is 90.5 Å². The Morgan fingerprint density at radius 1 is 0.955 bits per heavy atom. The lowest BCUT2D eigenvalue weighted by molar-refractivity contribution is -0.138. The van der Waals surface area contributed by atoms with Crippen molar-refractivity contribution in [3.63, 3.8) is 0 Å². The third-order valence-corrected chi connectivity index (χ3v) is 6.27. The molecule has 0 bridgehead atoms. The van der Waals surface area contributed by atoms with Crippen LogP contribution in [0.3, 0.4) is 0 Å². The molecule has 4 N–H and O–H groups in total. The van der Waals surface area contributed by atoms with Crippen molar-refractivity contribution in [2.75, 3.05) is 13.1 Å². The van der Waals surface area contributed by atoms with Crippen molar-refractivity contribution in [3.05, 3.63) is 0 Å². The highest BCUT2D eigenvalue weighted by molar-refractivity contribution is 7.57. The van der Waals surface area contributed by atoms with Crippen LogP contribution in [0.1, 0.15) is 60.3 Å². The Kier molecular flexibility index (Phi) is 11.0. The van der Waals surface area contributed by atoms with Crippen molar-refractivity contribution in [1.29, 1.82) is 0 Å². The maximum absolute atomic E-state index is 13.0. The molecule has 6 nitrogen and oxygen atoms in total. The molecule has 0 spiro atoms. The van der Waals surface area contributed by atoms with Crippen LogP contribution < -0.4 is 15.3 Å². The number of hydrogen-bond donors (Lipinski definition) is 4. The van der Waals surface area contributed by atoms with E-state index in [4.69, 9.17) is 5.11 Å². The van der Waals surface area contributed by atoms with Crippen LogP contribution in [0.5, 0.6) is 0 Å². The molecule has 0 heterocycles. The molecule has 1 unspecified atom stereocenters. The minimum Gasteiger partial charge on any atom is -0.480 e. The molecule has 7 heteroatoms. The van der Waals surface area contributed by atoms with E-state index in [1.807, 2.05) is 0 Å². The van der Waals surface area contributed by atoms with Gasteiger partial charge < -0.3 is 5.11 Å². The van der Waals surface area contributed by atoms with Crippen molar-refractivity contribution < 1.29 is 14.5 Å². The van der Waals surface area contributed by atoms with Gasteiger partial charge >= 0.3 is 5.97 Å². The maximum atomic E-state index is 13.0. The summed E-state index contributed by atoms with van der Waals surface area (Å²) in [5.74, 6) is -0.135. The van der Waals surface area contributed by atoms with E-state index in [0.29, 0.717) is 24.9 Å². The molecule has 0 fully saturated rings. The van der Waals surface area contributed by atoms with E-state index in [1.54, 1.807) is 0 Å². The molecule has 0 rings (SSSR count). The second-order valence-electron chi connectivity index (χ2n) is 5.89. The minimum atomic E-state index is -3.12. The first-order valence-electron chi connectivity index (χ1n) is 8.42. The van der Waals surface area contributed by atoms with E-state index in [1.165, 1.54) is 6.92 Å². The molecular weight excluding hydrogens is 301 g/mol. The SMILES string of the molecule is CCC(CC)CNP(=O)(NCC(CC)CC)NC(C)C(=O)O. The summed E-state index contributed by atoms with van der Waals surface area (Å²) in [6, 6.07) is -0.866. The lowest BCUT2D eigenvalue weighted by atomic mass is 10.0. The first-order chi connectivity index (χ1) is 10.3. The highest BCUT2D eigenvalue weighted by Gasteiger charge is 2.27. The Morgan fingerprint density at radius 3 is 1.59 bits per heavy atom. The summed E-state index contributed by atoms with van der Waals surface area (Å²) < 4.78 is 13.0. The maximum Gasteiger partial charge on any atom is 0.320 e. The standard InChI is InChI=1S/C15H34N3O3P/c1-6-13(7-2)10-16-22(21,18-12(5)15(19)20)17-11-14(8-3)9-4/h12-14H,6-11H2,1-5H3,(H,19,20)(H3,16,17,18,21). The lowest BCUT2D eigenvalue weighted by Gasteiger charge is -2.27. The fourth-order valence-electron chi connectivity index (χ4n) is 2.15. The normalized spacial score (nSPS) is 13.8. The summed E-state index contributed by atoms with van der Waals surface area (Å²) in [6.07, 6.45) is 4.02. The Morgan fingerprint density at radius 2 is 1.32 bits per heavy atom. The van der Waals surface area contributed by atoms with Gasteiger partial charge in [-0.15, -0.1) is 0 Å². The molecule has 0 amide bonds. The Labute approximate surface area is 135 Å². The average molecular weight is 335 g/mol. The van der Waals surface area contributed by atoms with Crippen molar-refractivity contribution in [2.45, 2.75) is 66.3 Å². The summed E-state index contributed by atoms with van der Waals surface area (Å²) in [4.78, 5) is 11.0. The average Bonchev–Trinajstić information content (AvgIpc) is 2.49. The van der Waals surface area contributed by atoms with Gasteiger partial charge in [-0.25, -0.2) is 15.3 Å². The largest absolute Gasteiger partial charge is 0.480 e. The number of rotatable bonds is 13. The monoisotopic (exact) mass is 335 g/mol. The highest BCUT2D eigenvalue weighted by atomic mass is 31.2. The summed E-state index contributed by atoms with van der Waals surface area (Å²) in [5.41, 5.74) is 0. The second-order valence-corrected chi connectivity index (χ2v) is 8.00. The van der Waals surface area contributed by atoms with E-state index in [0.717, 1.165) is 25.7 Å². The third-order valence-electron chi connectivity index (χ3n) is 4.26. The van der Waals surface area contributed by atoms with E-state index in [9.17, 15) is 9.36 Å². The van der Waals surface area contributed by atoms with Gasteiger partial charge in [-0.2, -0.15) is 0 Å². The van der Waals surface area contributed by atoms with Gasteiger partial charge in [0.15, 0.2) is 0 Å². The number of carboxylic acids is 1. The minimum absolute atomic E-state index is 0.435. The fourth-order valence-corrected chi connectivity index (χ4v) is 4.13. The smallest absolute Gasteiger partial charge is 0.320 e. The third kappa shape index (κ3) is 8.28. The zero-order valence-corrected chi connectivity index (χ0v) is 15.6. The van der Waals surface area contributed by atoms with Crippen LogP contribution in [0.2, 0.25) is 0 Å². The molecule has 0 radical (unpaired) electrons. The molecule has 0 aromatic carbocycles. The van der Waals surface area contributed by atoms with Crippen molar-refractivity contribution in [1.82, 2.24) is 15.3 Å². The van der Waals surface area contributed by atoms with Crippen LogP contribution in [0.4, 0.5) is 0 Å². The number of nitrogens with one attached hydrogen (secondary N) is 3. The van der Waals surface area contributed by atoms with Gasteiger partial charge in [0.1, 0.15) is 6.04 Å². The Bertz CT molecular complexity index is 338. The van der Waals surface area contributed by atoms with Crippen LogP contribution in [-0.2, 0) is 9.36 Å².